The van der Waals surface area contributed by atoms with Crippen LogP contribution in [0.3, 0.4) is 0 Å². The van der Waals surface area contributed by atoms with Crippen LogP contribution in [0.25, 0.3) is 10.9 Å². The van der Waals surface area contributed by atoms with Crippen molar-refractivity contribution in [3.8, 4) is 11.5 Å². The maximum Gasteiger partial charge on any atom is 0.129 e. The molecule has 1 fully saturated rings. The summed E-state index contributed by atoms with van der Waals surface area (Å²) in [5.74, 6) is 1.65. The van der Waals surface area contributed by atoms with E-state index >= 15 is 0 Å². The summed E-state index contributed by atoms with van der Waals surface area (Å²) in [5.41, 5.74) is 3.93. The summed E-state index contributed by atoms with van der Waals surface area (Å²) in [6.07, 6.45) is 3.97. The first-order chi connectivity index (χ1) is 13.3. The number of benzene rings is 2. The molecule has 4 rings (SSSR count). The minimum atomic E-state index is 0. The van der Waals surface area contributed by atoms with Gasteiger partial charge in [0.1, 0.15) is 18.1 Å². The van der Waals surface area contributed by atoms with E-state index in [2.05, 4.69) is 40.8 Å². The first-order valence-electron chi connectivity index (χ1n) is 9.80. The molecule has 0 atom stereocenters. The van der Waals surface area contributed by atoms with Crippen molar-refractivity contribution < 1.29 is 9.47 Å². The molecular weight excluding hydrogens is 372 g/mol. The Hall–Kier alpha value is -2.17. The van der Waals surface area contributed by atoms with Crippen LogP contribution in [0.1, 0.15) is 30.5 Å². The number of nitrogens with zero attached hydrogens (tertiary/aromatic N) is 2. The second-order valence-electron chi connectivity index (χ2n) is 7.31. The number of hydrogen-bond acceptors (Lipinski definition) is 3. The molecule has 2 aromatic carbocycles. The lowest BCUT2D eigenvalue weighted by molar-refractivity contribution is 0.218. The summed E-state index contributed by atoms with van der Waals surface area (Å²) in [4.78, 5) is 2.58. The summed E-state index contributed by atoms with van der Waals surface area (Å²) in [7, 11) is 3.83. The number of methoxy groups -OCH3 is 1. The van der Waals surface area contributed by atoms with E-state index in [1.165, 1.54) is 54.5 Å². The Bertz CT molecular complexity index is 916. The van der Waals surface area contributed by atoms with Crippen molar-refractivity contribution >= 4 is 23.3 Å². The standard InChI is InChI=1S/C23H28N2O2.ClH/c1-24-22-12-5-4-11-20(22)21(16-25-13-6-3-7-14-25)23(24)17-27-19-10-8-9-18(15-19)26-2;/h4-5,8-12,15H,3,6-7,13-14,16-17H2,1-2H3;1H. The van der Waals surface area contributed by atoms with Gasteiger partial charge in [0.25, 0.3) is 0 Å². The summed E-state index contributed by atoms with van der Waals surface area (Å²) < 4.78 is 13.8. The van der Waals surface area contributed by atoms with E-state index in [4.69, 9.17) is 9.47 Å². The zero-order valence-corrected chi connectivity index (χ0v) is 17.5. The molecule has 5 heteroatoms. The third-order valence-corrected chi connectivity index (χ3v) is 5.59. The van der Waals surface area contributed by atoms with Crippen molar-refractivity contribution in [2.75, 3.05) is 20.2 Å². The van der Waals surface area contributed by atoms with Crippen LogP contribution in [0, 0.1) is 0 Å². The van der Waals surface area contributed by atoms with Gasteiger partial charge in [-0.25, -0.2) is 0 Å². The number of likely N-dealkylation sites (tertiary alicyclic amines) is 1. The topological polar surface area (TPSA) is 26.6 Å². The number of halogens is 1. The molecular formula is C23H29ClN2O2. The van der Waals surface area contributed by atoms with Gasteiger partial charge < -0.3 is 14.0 Å². The van der Waals surface area contributed by atoms with Gasteiger partial charge in [-0.05, 0) is 49.7 Å². The Balaban J connectivity index is 0.00000225. The molecule has 1 aliphatic rings. The van der Waals surface area contributed by atoms with Crippen LogP contribution in [-0.2, 0) is 20.2 Å². The third kappa shape index (κ3) is 4.29. The van der Waals surface area contributed by atoms with Gasteiger partial charge in [0.05, 0.1) is 12.8 Å². The van der Waals surface area contributed by atoms with Crippen molar-refractivity contribution in [3.05, 3.63) is 59.8 Å². The molecule has 0 bridgehead atoms. The fourth-order valence-electron chi connectivity index (χ4n) is 4.07. The van der Waals surface area contributed by atoms with E-state index in [0.29, 0.717) is 6.61 Å². The molecule has 150 valence electrons. The summed E-state index contributed by atoms with van der Waals surface area (Å²) in [5, 5.41) is 1.34. The second-order valence-corrected chi connectivity index (χ2v) is 7.31. The van der Waals surface area contributed by atoms with Crippen LogP contribution in [0.2, 0.25) is 0 Å². The largest absolute Gasteiger partial charge is 0.497 e. The molecule has 4 nitrogen and oxygen atoms in total. The fraction of sp³-hybridized carbons (Fsp3) is 0.391. The smallest absolute Gasteiger partial charge is 0.129 e. The molecule has 3 aromatic rings. The number of rotatable bonds is 6. The van der Waals surface area contributed by atoms with Crippen molar-refractivity contribution in [1.29, 1.82) is 0 Å². The number of piperidine rings is 1. The van der Waals surface area contributed by atoms with Crippen LogP contribution >= 0.6 is 12.4 Å². The van der Waals surface area contributed by atoms with Gasteiger partial charge in [-0.3, -0.25) is 4.90 Å². The van der Waals surface area contributed by atoms with Gasteiger partial charge >= 0.3 is 0 Å². The van der Waals surface area contributed by atoms with E-state index in [1.54, 1.807) is 7.11 Å². The second kappa shape index (κ2) is 9.35. The molecule has 0 radical (unpaired) electrons. The summed E-state index contributed by atoms with van der Waals surface area (Å²) >= 11 is 0. The Morgan fingerprint density at radius 2 is 1.68 bits per heavy atom. The lowest BCUT2D eigenvalue weighted by Crippen LogP contribution is -2.29. The van der Waals surface area contributed by atoms with Gasteiger partial charge in [-0.2, -0.15) is 0 Å². The van der Waals surface area contributed by atoms with E-state index in [9.17, 15) is 0 Å². The minimum Gasteiger partial charge on any atom is -0.497 e. The molecule has 0 unspecified atom stereocenters. The van der Waals surface area contributed by atoms with Gasteiger partial charge in [-0.15, -0.1) is 12.4 Å². The predicted molar refractivity (Wildman–Crippen MR) is 117 cm³/mol. The SMILES string of the molecule is COc1cccc(OCc2c(CN3CCCCC3)c3ccccc3n2C)c1.Cl. The van der Waals surface area contributed by atoms with E-state index in [0.717, 1.165) is 18.0 Å². The maximum absolute atomic E-state index is 6.16. The van der Waals surface area contributed by atoms with Crippen LogP contribution < -0.4 is 9.47 Å². The average Bonchev–Trinajstić information content (AvgIpc) is 2.99. The van der Waals surface area contributed by atoms with Gasteiger partial charge in [0.2, 0.25) is 0 Å². The number of hydrogen-bond donors (Lipinski definition) is 0. The van der Waals surface area contributed by atoms with Crippen molar-refractivity contribution in [3.63, 3.8) is 0 Å². The quantitative estimate of drug-likeness (QED) is 0.570. The zero-order valence-electron chi connectivity index (χ0n) is 16.7. The first kappa shape index (κ1) is 20.6. The third-order valence-electron chi connectivity index (χ3n) is 5.59. The Morgan fingerprint density at radius 1 is 0.929 bits per heavy atom. The number of ether oxygens (including phenoxy) is 2. The van der Waals surface area contributed by atoms with E-state index in [1.807, 2.05) is 24.3 Å². The molecule has 1 saturated heterocycles. The van der Waals surface area contributed by atoms with Gasteiger partial charge in [0, 0.05) is 30.6 Å². The summed E-state index contributed by atoms with van der Waals surface area (Å²) in [6, 6.07) is 16.5. The Kier molecular flexibility index (Phi) is 6.87. The van der Waals surface area contributed by atoms with Crippen LogP contribution in [0.15, 0.2) is 48.5 Å². The van der Waals surface area contributed by atoms with Crippen molar-refractivity contribution in [2.24, 2.45) is 7.05 Å². The highest BCUT2D eigenvalue weighted by Crippen LogP contribution is 2.29. The minimum absolute atomic E-state index is 0. The van der Waals surface area contributed by atoms with E-state index in [-0.39, 0.29) is 12.4 Å². The lowest BCUT2D eigenvalue weighted by Gasteiger charge is -2.26. The molecule has 0 spiro atoms. The highest BCUT2D eigenvalue weighted by Gasteiger charge is 2.19. The number of fused-ring (bicyclic) bond motifs is 1. The lowest BCUT2D eigenvalue weighted by atomic mass is 10.1. The maximum atomic E-state index is 6.16. The van der Waals surface area contributed by atoms with Crippen molar-refractivity contribution in [2.45, 2.75) is 32.4 Å². The monoisotopic (exact) mass is 400 g/mol. The Morgan fingerprint density at radius 3 is 2.46 bits per heavy atom. The predicted octanol–water partition coefficient (Wildman–Crippen LogP) is 5.17. The fourth-order valence-corrected chi connectivity index (χ4v) is 4.07. The number of aryl methyl sites for hydroxylation is 1. The molecule has 0 N–H and O–H groups in total. The molecule has 0 amide bonds. The molecule has 0 saturated carbocycles. The highest BCUT2D eigenvalue weighted by molar-refractivity contribution is 5.85. The van der Waals surface area contributed by atoms with Crippen LogP contribution in [0.5, 0.6) is 11.5 Å². The van der Waals surface area contributed by atoms with Gasteiger partial charge in [0.15, 0.2) is 0 Å². The first-order valence-corrected chi connectivity index (χ1v) is 9.80. The normalized spacial score (nSPS) is 14.6. The highest BCUT2D eigenvalue weighted by atomic mass is 35.5. The zero-order chi connectivity index (χ0) is 18.6. The molecule has 2 heterocycles. The molecule has 1 aliphatic heterocycles. The number of aromatic nitrogens is 1. The van der Waals surface area contributed by atoms with Gasteiger partial charge in [-0.1, -0.05) is 30.7 Å². The van der Waals surface area contributed by atoms with E-state index < -0.39 is 0 Å². The average molecular weight is 401 g/mol. The molecule has 1 aromatic heterocycles. The van der Waals surface area contributed by atoms with Crippen LogP contribution in [0.4, 0.5) is 0 Å². The Labute approximate surface area is 173 Å². The van der Waals surface area contributed by atoms with Crippen LogP contribution in [-0.4, -0.2) is 29.7 Å². The number of para-hydroxylation sites is 1. The molecule has 28 heavy (non-hydrogen) atoms. The van der Waals surface area contributed by atoms with Crippen molar-refractivity contribution in [1.82, 2.24) is 9.47 Å². The molecule has 0 aliphatic carbocycles. The summed E-state index contributed by atoms with van der Waals surface area (Å²) in [6.45, 7) is 3.94.